The van der Waals surface area contributed by atoms with Gasteiger partial charge in [0.25, 0.3) is 11.8 Å². The van der Waals surface area contributed by atoms with E-state index in [0.29, 0.717) is 70.2 Å². The van der Waals surface area contributed by atoms with Crippen LogP contribution in [0.3, 0.4) is 0 Å². The van der Waals surface area contributed by atoms with E-state index in [0.717, 1.165) is 11.3 Å². The van der Waals surface area contributed by atoms with Gasteiger partial charge in [0.15, 0.2) is 11.5 Å². The van der Waals surface area contributed by atoms with Gasteiger partial charge in [-0.05, 0) is 17.7 Å². The van der Waals surface area contributed by atoms with Crippen LogP contribution >= 0.6 is 0 Å². The number of carbonyl (C=O) groups is 2. The highest BCUT2D eigenvalue weighted by Crippen LogP contribution is 2.31. The molecule has 1 spiro atoms. The van der Waals surface area contributed by atoms with E-state index in [1.807, 2.05) is 24.3 Å². The van der Waals surface area contributed by atoms with E-state index >= 15 is 0 Å². The fourth-order valence-corrected chi connectivity index (χ4v) is 4.44. The normalized spacial score (nSPS) is 20.2. The van der Waals surface area contributed by atoms with Crippen molar-refractivity contribution in [2.24, 2.45) is 0 Å². The molecule has 3 aliphatic rings. The Labute approximate surface area is 180 Å². The molecule has 0 saturated carbocycles. The summed E-state index contributed by atoms with van der Waals surface area (Å²) in [5.41, 5.74) is 1.80. The van der Waals surface area contributed by atoms with Gasteiger partial charge in [-0.15, -0.1) is 0 Å². The van der Waals surface area contributed by atoms with E-state index in [4.69, 9.17) is 14.2 Å². The number of likely N-dealkylation sites (tertiary alicyclic amines) is 1. The van der Waals surface area contributed by atoms with Gasteiger partial charge in [0.1, 0.15) is 11.4 Å². The summed E-state index contributed by atoms with van der Waals surface area (Å²) in [5.74, 6) is -0.00448. The summed E-state index contributed by atoms with van der Waals surface area (Å²) < 4.78 is 18.3. The van der Waals surface area contributed by atoms with Crippen LogP contribution in [0.1, 0.15) is 39.4 Å². The number of benzene rings is 1. The predicted molar refractivity (Wildman–Crippen MR) is 110 cm³/mol. The molecule has 9 heteroatoms. The van der Waals surface area contributed by atoms with Gasteiger partial charge in [0.2, 0.25) is 0 Å². The smallest absolute Gasteiger partial charge is 0.274 e. The highest BCUT2D eigenvalue weighted by molar-refractivity contribution is 5.98. The fourth-order valence-electron chi connectivity index (χ4n) is 4.44. The molecule has 9 nitrogen and oxygen atoms in total. The minimum Gasteiger partial charge on any atom is -0.497 e. The van der Waals surface area contributed by atoms with Gasteiger partial charge in [-0.3, -0.25) is 14.3 Å². The zero-order chi connectivity index (χ0) is 21.4. The minimum absolute atomic E-state index is 0.112. The number of hydrogen-bond donors (Lipinski definition) is 0. The highest BCUT2D eigenvalue weighted by Gasteiger charge is 2.41. The van der Waals surface area contributed by atoms with Crippen molar-refractivity contribution in [3.8, 4) is 5.75 Å². The molecule has 0 radical (unpaired) electrons. The monoisotopic (exact) mass is 426 g/mol. The van der Waals surface area contributed by atoms with Crippen molar-refractivity contribution in [2.45, 2.75) is 31.7 Å². The number of piperidine rings is 1. The van der Waals surface area contributed by atoms with Crippen molar-refractivity contribution in [1.82, 2.24) is 19.6 Å². The van der Waals surface area contributed by atoms with Crippen molar-refractivity contribution in [3.63, 3.8) is 0 Å². The standard InChI is InChI=1S/C22H26N4O5/c1-29-17-4-2-16(3-5-17)15-25-10-11-26-19(21(25)28)14-18(23-26)20(27)24-8-6-22(7-9-24)30-12-13-31-22/h2-5,14H,6-13,15H2,1H3. The summed E-state index contributed by atoms with van der Waals surface area (Å²) in [6, 6.07) is 9.30. The zero-order valence-corrected chi connectivity index (χ0v) is 17.6. The second kappa shape index (κ2) is 7.97. The molecule has 2 saturated heterocycles. The molecule has 31 heavy (non-hydrogen) atoms. The summed E-state index contributed by atoms with van der Waals surface area (Å²) in [6.45, 7) is 3.94. The average Bonchev–Trinajstić information content (AvgIpc) is 3.44. The van der Waals surface area contributed by atoms with Gasteiger partial charge in [0.05, 0.1) is 26.9 Å². The minimum atomic E-state index is -0.526. The van der Waals surface area contributed by atoms with Crippen LogP contribution in [-0.2, 0) is 22.6 Å². The number of ether oxygens (including phenoxy) is 3. The Morgan fingerprint density at radius 3 is 2.48 bits per heavy atom. The third kappa shape index (κ3) is 3.79. The number of carbonyl (C=O) groups excluding carboxylic acids is 2. The topological polar surface area (TPSA) is 86.1 Å². The van der Waals surface area contributed by atoms with Gasteiger partial charge in [-0.2, -0.15) is 5.10 Å². The van der Waals surface area contributed by atoms with E-state index in [2.05, 4.69) is 5.10 Å². The quantitative estimate of drug-likeness (QED) is 0.737. The fraction of sp³-hybridized carbons (Fsp3) is 0.500. The van der Waals surface area contributed by atoms with Gasteiger partial charge in [-0.1, -0.05) is 12.1 Å². The maximum atomic E-state index is 13.0. The average molecular weight is 426 g/mol. The maximum absolute atomic E-state index is 13.0. The first-order chi connectivity index (χ1) is 15.1. The number of rotatable bonds is 4. The Morgan fingerprint density at radius 1 is 1.10 bits per heavy atom. The van der Waals surface area contributed by atoms with Gasteiger partial charge in [0, 0.05) is 45.1 Å². The molecule has 1 aromatic heterocycles. The van der Waals surface area contributed by atoms with Crippen LogP contribution in [0.4, 0.5) is 0 Å². The van der Waals surface area contributed by atoms with Crippen LogP contribution in [-0.4, -0.2) is 77.1 Å². The molecule has 3 aliphatic heterocycles. The number of nitrogens with zero attached hydrogens (tertiary/aromatic N) is 4. The lowest BCUT2D eigenvalue weighted by molar-refractivity contribution is -0.181. The molecule has 2 aromatic rings. The summed E-state index contributed by atoms with van der Waals surface area (Å²) >= 11 is 0. The molecular formula is C22H26N4O5. The second-order valence-corrected chi connectivity index (χ2v) is 8.11. The van der Waals surface area contributed by atoms with Crippen LogP contribution < -0.4 is 4.74 Å². The molecule has 5 rings (SSSR count). The van der Waals surface area contributed by atoms with E-state index in [1.54, 1.807) is 27.7 Å². The predicted octanol–water partition coefficient (Wildman–Crippen LogP) is 1.53. The highest BCUT2D eigenvalue weighted by atomic mass is 16.7. The molecule has 2 amide bonds. The van der Waals surface area contributed by atoms with Gasteiger partial charge in [-0.25, -0.2) is 0 Å². The Hall–Kier alpha value is -2.91. The lowest BCUT2D eigenvalue weighted by atomic mass is 10.0. The van der Waals surface area contributed by atoms with Crippen molar-refractivity contribution in [1.29, 1.82) is 0 Å². The molecular weight excluding hydrogens is 400 g/mol. The SMILES string of the molecule is COc1ccc(CN2CCn3nc(C(=O)N4CCC5(CC4)OCCO5)cc3C2=O)cc1. The zero-order valence-electron chi connectivity index (χ0n) is 17.6. The first kappa shape index (κ1) is 20.0. The largest absolute Gasteiger partial charge is 0.497 e. The first-order valence-electron chi connectivity index (χ1n) is 10.6. The molecule has 0 aliphatic carbocycles. The van der Waals surface area contributed by atoms with Crippen molar-refractivity contribution >= 4 is 11.8 Å². The molecule has 4 heterocycles. The summed E-state index contributed by atoms with van der Waals surface area (Å²) in [5, 5.41) is 4.43. The lowest BCUT2D eigenvalue weighted by Gasteiger charge is -2.37. The van der Waals surface area contributed by atoms with Crippen LogP contribution in [0.5, 0.6) is 5.75 Å². The van der Waals surface area contributed by atoms with Crippen LogP contribution in [0.2, 0.25) is 0 Å². The van der Waals surface area contributed by atoms with Crippen molar-refractivity contribution in [3.05, 3.63) is 47.3 Å². The van der Waals surface area contributed by atoms with E-state index < -0.39 is 5.79 Å². The molecule has 0 unspecified atom stereocenters. The van der Waals surface area contributed by atoms with Gasteiger partial charge < -0.3 is 24.0 Å². The number of amides is 2. The number of aromatic nitrogens is 2. The Balaban J connectivity index is 1.25. The summed E-state index contributed by atoms with van der Waals surface area (Å²) in [7, 11) is 1.63. The van der Waals surface area contributed by atoms with Crippen molar-refractivity contribution in [2.75, 3.05) is 40.0 Å². The van der Waals surface area contributed by atoms with E-state index in [1.165, 1.54) is 0 Å². The Kier molecular flexibility index (Phi) is 5.15. The molecule has 0 atom stereocenters. The first-order valence-corrected chi connectivity index (χ1v) is 10.6. The molecule has 0 N–H and O–H groups in total. The Morgan fingerprint density at radius 2 is 1.81 bits per heavy atom. The molecule has 2 fully saturated rings. The lowest BCUT2D eigenvalue weighted by Crippen LogP contribution is -2.47. The molecule has 0 bridgehead atoms. The van der Waals surface area contributed by atoms with E-state index in [9.17, 15) is 9.59 Å². The second-order valence-electron chi connectivity index (χ2n) is 8.11. The van der Waals surface area contributed by atoms with Crippen molar-refractivity contribution < 1.29 is 23.8 Å². The summed E-state index contributed by atoms with van der Waals surface area (Å²) in [4.78, 5) is 29.6. The third-order valence-electron chi connectivity index (χ3n) is 6.25. The van der Waals surface area contributed by atoms with E-state index in [-0.39, 0.29) is 11.8 Å². The maximum Gasteiger partial charge on any atom is 0.274 e. The summed E-state index contributed by atoms with van der Waals surface area (Å²) in [6.07, 6.45) is 1.31. The molecule has 1 aromatic carbocycles. The number of fused-ring (bicyclic) bond motifs is 1. The third-order valence-corrected chi connectivity index (χ3v) is 6.25. The number of hydrogen-bond acceptors (Lipinski definition) is 6. The van der Waals surface area contributed by atoms with Crippen LogP contribution in [0.25, 0.3) is 0 Å². The molecule has 164 valence electrons. The van der Waals surface area contributed by atoms with Crippen LogP contribution in [0.15, 0.2) is 30.3 Å². The van der Waals surface area contributed by atoms with Gasteiger partial charge >= 0.3 is 0 Å². The van der Waals surface area contributed by atoms with Crippen LogP contribution in [0, 0.1) is 0 Å². The number of methoxy groups -OCH3 is 1. The Bertz CT molecular complexity index is 970.